The highest BCUT2D eigenvalue weighted by atomic mass is 35.5. The van der Waals surface area contributed by atoms with Gasteiger partial charge >= 0.3 is 5.97 Å². The molecule has 1 rings (SSSR count). The molecule has 76 valence electrons. The monoisotopic (exact) mass is 205 g/mol. The van der Waals surface area contributed by atoms with Crippen LogP contribution in [0.3, 0.4) is 0 Å². The van der Waals surface area contributed by atoms with E-state index in [1.54, 1.807) is 0 Å². The van der Waals surface area contributed by atoms with E-state index in [1.807, 2.05) is 0 Å². The van der Waals surface area contributed by atoms with E-state index in [0.717, 1.165) is 25.7 Å². The Balaban J connectivity index is 2.31. The summed E-state index contributed by atoms with van der Waals surface area (Å²) in [5.41, 5.74) is 5.77. The van der Waals surface area contributed by atoms with Crippen LogP contribution in [0.25, 0.3) is 0 Å². The number of carbonyl (C=O) groups is 1. The molecule has 0 spiro atoms. The van der Waals surface area contributed by atoms with Crippen LogP contribution in [-0.4, -0.2) is 22.5 Å². The second-order valence-corrected chi connectivity index (χ2v) is 4.39. The number of carboxylic acids is 1. The van der Waals surface area contributed by atoms with Gasteiger partial charge < -0.3 is 10.8 Å². The second kappa shape index (κ2) is 4.82. The summed E-state index contributed by atoms with van der Waals surface area (Å²) in [5.74, 6) is -0.452. The molecule has 0 saturated heterocycles. The van der Waals surface area contributed by atoms with Crippen molar-refractivity contribution >= 4 is 17.6 Å². The van der Waals surface area contributed by atoms with Crippen molar-refractivity contribution in [1.82, 2.24) is 0 Å². The van der Waals surface area contributed by atoms with Crippen LogP contribution in [0.2, 0.25) is 0 Å². The fraction of sp³-hybridized carbons (Fsp3) is 0.889. The lowest BCUT2D eigenvalue weighted by molar-refractivity contribution is -0.137. The molecule has 1 unspecified atom stereocenters. The topological polar surface area (TPSA) is 63.3 Å². The van der Waals surface area contributed by atoms with Crippen molar-refractivity contribution in [3.8, 4) is 0 Å². The average Bonchev–Trinajstić information content (AvgIpc) is 2.04. The molecule has 0 heterocycles. The van der Waals surface area contributed by atoms with E-state index < -0.39 is 5.97 Å². The summed E-state index contributed by atoms with van der Waals surface area (Å²) in [6.45, 7) is 0. The summed E-state index contributed by atoms with van der Waals surface area (Å²) >= 11 is 5.94. The van der Waals surface area contributed by atoms with E-state index >= 15 is 0 Å². The molecule has 13 heavy (non-hydrogen) atoms. The minimum atomic E-state index is -0.805. The first-order chi connectivity index (χ1) is 6.09. The predicted molar refractivity (Wildman–Crippen MR) is 51.8 cm³/mol. The van der Waals surface area contributed by atoms with Gasteiger partial charge in [-0.2, -0.15) is 0 Å². The molecule has 1 aliphatic rings. The van der Waals surface area contributed by atoms with Crippen LogP contribution in [0.15, 0.2) is 0 Å². The van der Waals surface area contributed by atoms with Gasteiger partial charge in [0, 0.05) is 11.4 Å². The number of alkyl halides is 1. The number of halogens is 1. The molecule has 0 aromatic heterocycles. The van der Waals surface area contributed by atoms with Gasteiger partial charge in [-0.3, -0.25) is 4.79 Å². The highest BCUT2D eigenvalue weighted by molar-refractivity contribution is 6.20. The Labute approximate surface area is 83.3 Å². The largest absolute Gasteiger partial charge is 0.481 e. The Bertz CT molecular complexity index is 178. The summed E-state index contributed by atoms with van der Waals surface area (Å²) in [5, 5.41) is 8.83. The number of aliphatic carboxylic acids is 1. The number of hydrogen-bond donors (Lipinski definition) is 2. The first-order valence-corrected chi connectivity index (χ1v) is 5.14. The molecule has 0 aromatic rings. The van der Waals surface area contributed by atoms with Crippen LogP contribution in [0.5, 0.6) is 0 Å². The lowest BCUT2D eigenvalue weighted by Crippen LogP contribution is -2.35. The molecule has 0 bridgehead atoms. The Kier molecular flexibility index (Phi) is 4.00. The number of nitrogens with two attached hydrogens (primary N) is 1. The smallest absolute Gasteiger partial charge is 0.304 e. The van der Waals surface area contributed by atoms with Crippen molar-refractivity contribution in [2.75, 3.05) is 0 Å². The molecule has 3 nitrogen and oxygen atoms in total. The second-order valence-electron chi connectivity index (χ2n) is 3.77. The van der Waals surface area contributed by atoms with Gasteiger partial charge in [0.25, 0.3) is 0 Å². The summed E-state index contributed by atoms with van der Waals surface area (Å²) in [6.07, 6.45) is 3.97. The number of rotatable bonds is 3. The minimum Gasteiger partial charge on any atom is -0.481 e. The van der Waals surface area contributed by atoms with Gasteiger partial charge in [0.2, 0.25) is 0 Å². The van der Waals surface area contributed by atoms with Crippen molar-refractivity contribution < 1.29 is 9.90 Å². The van der Waals surface area contributed by atoms with Gasteiger partial charge in [0.05, 0.1) is 6.42 Å². The molecular formula is C9H16ClNO2. The third-order valence-electron chi connectivity index (χ3n) is 2.72. The van der Waals surface area contributed by atoms with Crippen molar-refractivity contribution in [3.63, 3.8) is 0 Å². The molecule has 1 fully saturated rings. The molecule has 0 radical (unpaired) electrons. The summed E-state index contributed by atoms with van der Waals surface area (Å²) < 4.78 is 0. The quantitative estimate of drug-likeness (QED) is 0.688. The Hall–Kier alpha value is -0.280. The van der Waals surface area contributed by atoms with Crippen LogP contribution >= 0.6 is 11.6 Å². The van der Waals surface area contributed by atoms with Crippen LogP contribution in [0.1, 0.15) is 32.1 Å². The first-order valence-electron chi connectivity index (χ1n) is 4.71. The normalized spacial score (nSPS) is 31.2. The van der Waals surface area contributed by atoms with Crippen LogP contribution in [0.4, 0.5) is 0 Å². The highest BCUT2D eigenvalue weighted by Gasteiger charge is 2.25. The Morgan fingerprint density at radius 2 is 2.00 bits per heavy atom. The minimum absolute atomic E-state index is 0.0810. The van der Waals surface area contributed by atoms with Crippen molar-refractivity contribution in [2.24, 2.45) is 11.7 Å². The van der Waals surface area contributed by atoms with Gasteiger partial charge in [0.1, 0.15) is 0 Å². The van der Waals surface area contributed by atoms with Crippen molar-refractivity contribution in [2.45, 2.75) is 43.5 Å². The Morgan fingerprint density at radius 1 is 1.46 bits per heavy atom. The van der Waals surface area contributed by atoms with Gasteiger partial charge in [0.15, 0.2) is 0 Å². The van der Waals surface area contributed by atoms with E-state index in [0.29, 0.717) is 5.92 Å². The van der Waals surface area contributed by atoms with Crippen LogP contribution in [-0.2, 0) is 4.79 Å². The van der Waals surface area contributed by atoms with E-state index in [4.69, 9.17) is 22.4 Å². The van der Waals surface area contributed by atoms with E-state index in [2.05, 4.69) is 0 Å². The van der Waals surface area contributed by atoms with Gasteiger partial charge in [-0.25, -0.2) is 0 Å². The lowest BCUT2D eigenvalue weighted by Gasteiger charge is -2.28. The maximum atomic E-state index is 10.4. The van der Waals surface area contributed by atoms with E-state index in [1.165, 1.54) is 0 Å². The molecule has 0 aromatic carbocycles. The molecule has 3 N–H and O–H groups in total. The average molecular weight is 206 g/mol. The zero-order valence-corrected chi connectivity index (χ0v) is 8.33. The molecule has 0 aliphatic heterocycles. The zero-order chi connectivity index (χ0) is 9.84. The van der Waals surface area contributed by atoms with Crippen LogP contribution in [0, 0.1) is 5.92 Å². The SMILES string of the molecule is NC(CC(=O)O)C1CCC(Cl)CC1. The third-order valence-corrected chi connectivity index (χ3v) is 3.15. The van der Waals surface area contributed by atoms with E-state index in [9.17, 15) is 4.79 Å². The summed E-state index contributed by atoms with van der Waals surface area (Å²) in [7, 11) is 0. The fourth-order valence-electron chi connectivity index (χ4n) is 1.87. The molecule has 4 heteroatoms. The maximum Gasteiger partial charge on any atom is 0.304 e. The van der Waals surface area contributed by atoms with Crippen molar-refractivity contribution in [3.05, 3.63) is 0 Å². The molecule has 1 aliphatic carbocycles. The first kappa shape index (κ1) is 10.8. The fourth-order valence-corrected chi connectivity index (χ4v) is 2.13. The zero-order valence-electron chi connectivity index (χ0n) is 7.58. The van der Waals surface area contributed by atoms with Crippen LogP contribution < -0.4 is 5.73 Å². The van der Waals surface area contributed by atoms with Gasteiger partial charge in [-0.1, -0.05) is 0 Å². The number of hydrogen-bond acceptors (Lipinski definition) is 2. The maximum absolute atomic E-state index is 10.4. The summed E-state index contributed by atoms with van der Waals surface area (Å²) in [6, 6.07) is -0.193. The molecular weight excluding hydrogens is 190 g/mol. The van der Waals surface area contributed by atoms with Gasteiger partial charge in [-0.05, 0) is 31.6 Å². The predicted octanol–water partition coefficient (Wildman–Crippen LogP) is 1.59. The molecule has 0 amide bonds. The van der Waals surface area contributed by atoms with Crippen molar-refractivity contribution in [1.29, 1.82) is 0 Å². The van der Waals surface area contributed by atoms with Gasteiger partial charge in [-0.15, -0.1) is 11.6 Å². The lowest BCUT2D eigenvalue weighted by atomic mass is 9.83. The van der Waals surface area contributed by atoms with E-state index in [-0.39, 0.29) is 17.8 Å². The number of carboxylic acid groups (broad SMARTS) is 1. The summed E-state index contributed by atoms with van der Waals surface area (Å²) in [4.78, 5) is 10.4. The molecule has 1 saturated carbocycles. The highest BCUT2D eigenvalue weighted by Crippen LogP contribution is 2.29. The molecule has 1 atom stereocenters. The standard InChI is InChI=1S/C9H16ClNO2/c10-7-3-1-6(2-4-7)8(11)5-9(12)13/h6-8H,1-5,11H2,(H,12,13). The Morgan fingerprint density at radius 3 is 2.46 bits per heavy atom. The third kappa shape index (κ3) is 3.53.